The van der Waals surface area contributed by atoms with Crippen molar-refractivity contribution in [1.82, 2.24) is 10.2 Å². The van der Waals surface area contributed by atoms with Crippen molar-refractivity contribution >= 4 is 11.8 Å². The summed E-state index contributed by atoms with van der Waals surface area (Å²) in [6.07, 6.45) is 1.32. The largest absolute Gasteiger partial charge is 0.351 e. The zero-order valence-corrected chi connectivity index (χ0v) is 13.6. The minimum Gasteiger partial charge on any atom is -0.351 e. The van der Waals surface area contributed by atoms with Crippen LogP contribution in [0.5, 0.6) is 0 Å². The van der Waals surface area contributed by atoms with Crippen molar-refractivity contribution in [1.29, 1.82) is 0 Å². The molecule has 0 radical (unpaired) electrons. The second kappa shape index (κ2) is 4.74. The van der Waals surface area contributed by atoms with Crippen molar-refractivity contribution in [3.8, 4) is 0 Å². The number of amides is 2. The number of nitrogens with zero attached hydrogens (tertiary/aromatic N) is 1. The van der Waals surface area contributed by atoms with E-state index in [1.165, 1.54) is 0 Å². The van der Waals surface area contributed by atoms with E-state index >= 15 is 0 Å². The lowest BCUT2D eigenvalue weighted by molar-refractivity contribution is -0.135. The van der Waals surface area contributed by atoms with Crippen molar-refractivity contribution in [2.24, 2.45) is 16.7 Å². The van der Waals surface area contributed by atoms with E-state index in [-0.39, 0.29) is 34.7 Å². The van der Waals surface area contributed by atoms with Gasteiger partial charge in [-0.3, -0.25) is 9.59 Å². The molecule has 2 fully saturated rings. The lowest BCUT2D eigenvalue weighted by Crippen LogP contribution is -2.42. The maximum absolute atomic E-state index is 12.3. The van der Waals surface area contributed by atoms with Gasteiger partial charge in [-0.1, -0.05) is 41.5 Å². The predicted molar refractivity (Wildman–Crippen MR) is 79.1 cm³/mol. The van der Waals surface area contributed by atoms with E-state index in [0.717, 1.165) is 13.0 Å². The smallest absolute Gasteiger partial charge is 0.243 e. The summed E-state index contributed by atoms with van der Waals surface area (Å²) in [6, 6.07) is -0.111. The fraction of sp³-hybridized carbons (Fsp3) is 0.875. The molecule has 2 saturated heterocycles. The van der Waals surface area contributed by atoms with Crippen LogP contribution in [0.4, 0.5) is 0 Å². The Bertz CT molecular complexity index is 377. The average molecular weight is 280 g/mol. The molecule has 2 amide bonds. The van der Waals surface area contributed by atoms with Crippen LogP contribution in [0.25, 0.3) is 0 Å². The van der Waals surface area contributed by atoms with Gasteiger partial charge in [0.2, 0.25) is 11.8 Å². The Morgan fingerprint density at radius 1 is 1.05 bits per heavy atom. The molecule has 0 aromatic carbocycles. The Morgan fingerprint density at radius 2 is 1.65 bits per heavy atom. The number of likely N-dealkylation sites (tertiary alicyclic amines) is 1. The van der Waals surface area contributed by atoms with Gasteiger partial charge in [0.15, 0.2) is 0 Å². The van der Waals surface area contributed by atoms with Gasteiger partial charge in [0.1, 0.15) is 6.04 Å². The predicted octanol–water partition coefficient (Wildman–Crippen LogP) is 2.18. The molecule has 0 bridgehead atoms. The van der Waals surface area contributed by atoms with E-state index in [2.05, 4.69) is 46.9 Å². The maximum Gasteiger partial charge on any atom is 0.243 e. The number of carbonyl (C=O) groups excluding carboxylic acids is 2. The Morgan fingerprint density at radius 3 is 2.05 bits per heavy atom. The molecule has 0 saturated carbocycles. The van der Waals surface area contributed by atoms with Crippen LogP contribution in [0, 0.1) is 16.7 Å². The van der Waals surface area contributed by atoms with Crippen LogP contribution in [0.2, 0.25) is 0 Å². The molecule has 2 aliphatic heterocycles. The highest BCUT2D eigenvalue weighted by atomic mass is 16.2. The minimum absolute atomic E-state index is 0.0211. The van der Waals surface area contributed by atoms with Gasteiger partial charge in [-0.05, 0) is 23.2 Å². The van der Waals surface area contributed by atoms with Crippen LogP contribution >= 0.6 is 0 Å². The third kappa shape index (κ3) is 2.84. The van der Waals surface area contributed by atoms with Crippen molar-refractivity contribution in [3.63, 3.8) is 0 Å². The monoisotopic (exact) mass is 280 g/mol. The molecular formula is C16H28N2O2. The Balaban J connectivity index is 2.10. The molecule has 2 rings (SSSR count). The van der Waals surface area contributed by atoms with Crippen LogP contribution in [-0.4, -0.2) is 35.3 Å². The summed E-state index contributed by atoms with van der Waals surface area (Å²) in [4.78, 5) is 26.3. The van der Waals surface area contributed by atoms with E-state index in [0.29, 0.717) is 12.3 Å². The number of rotatable bonds is 1. The van der Waals surface area contributed by atoms with Crippen LogP contribution < -0.4 is 5.32 Å². The fourth-order valence-electron chi connectivity index (χ4n) is 3.11. The second-order valence-electron chi connectivity index (χ2n) is 8.49. The molecule has 4 nitrogen and oxygen atoms in total. The molecule has 3 unspecified atom stereocenters. The van der Waals surface area contributed by atoms with Gasteiger partial charge in [0, 0.05) is 19.0 Å². The molecule has 114 valence electrons. The highest BCUT2D eigenvalue weighted by Crippen LogP contribution is 2.37. The van der Waals surface area contributed by atoms with Gasteiger partial charge >= 0.3 is 0 Å². The van der Waals surface area contributed by atoms with Gasteiger partial charge in [-0.25, -0.2) is 0 Å². The standard InChI is InChI=1S/C16H28N2O2/c1-15(2,3)10-7-13(19)18(9-10)11-8-12(16(4,5)6)17-14(11)20/h10-12H,7-9H2,1-6H3,(H,17,20). The van der Waals surface area contributed by atoms with Crippen LogP contribution in [0.1, 0.15) is 54.4 Å². The first-order valence-electron chi connectivity index (χ1n) is 7.60. The van der Waals surface area contributed by atoms with E-state index < -0.39 is 0 Å². The van der Waals surface area contributed by atoms with Gasteiger partial charge in [-0.2, -0.15) is 0 Å². The summed E-state index contributed by atoms with van der Waals surface area (Å²) < 4.78 is 0. The number of hydrogen-bond acceptors (Lipinski definition) is 2. The SMILES string of the molecule is CC(C)(C)C1CC(=O)N(C2CC(C(C)(C)C)NC2=O)C1. The summed E-state index contributed by atoms with van der Waals surface area (Å²) in [5, 5.41) is 3.06. The average Bonchev–Trinajstić information content (AvgIpc) is 2.80. The molecule has 4 heteroatoms. The van der Waals surface area contributed by atoms with Crippen molar-refractivity contribution in [2.75, 3.05) is 6.54 Å². The molecule has 0 spiro atoms. The van der Waals surface area contributed by atoms with Crippen molar-refractivity contribution < 1.29 is 9.59 Å². The normalized spacial score (nSPS) is 31.9. The quantitative estimate of drug-likeness (QED) is 0.800. The summed E-state index contributed by atoms with van der Waals surface area (Å²) in [6.45, 7) is 13.6. The van der Waals surface area contributed by atoms with Crippen LogP contribution in [0.15, 0.2) is 0 Å². The molecule has 1 N–H and O–H groups in total. The Kier molecular flexibility index (Phi) is 3.64. The Hall–Kier alpha value is -1.06. The highest BCUT2D eigenvalue weighted by Gasteiger charge is 2.47. The van der Waals surface area contributed by atoms with Crippen LogP contribution in [0.3, 0.4) is 0 Å². The summed E-state index contributed by atoms with van der Waals surface area (Å²) in [5.74, 6) is 0.504. The molecule has 20 heavy (non-hydrogen) atoms. The lowest BCUT2D eigenvalue weighted by atomic mass is 9.80. The van der Waals surface area contributed by atoms with Crippen molar-refractivity contribution in [3.05, 3.63) is 0 Å². The van der Waals surface area contributed by atoms with Gasteiger partial charge in [0.25, 0.3) is 0 Å². The van der Waals surface area contributed by atoms with E-state index in [1.807, 2.05) is 4.90 Å². The summed E-state index contributed by atoms with van der Waals surface area (Å²) in [7, 11) is 0. The minimum atomic E-state index is -0.265. The van der Waals surface area contributed by atoms with Gasteiger partial charge in [-0.15, -0.1) is 0 Å². The van der Waals surface area contributed by atoms with Crippen LogP contribution in [-0.2, 0) is 9.59 Å². The molecule has 2 heterocycles. The lowest BCUT2D eigenvalue weighted by Gasteiger charge is -2.29. The first-order chi connectivity index (χ1) is 9.00. The summed E-state index contributed by atoms with van der Waals surface area (Å²) >= 11 is 0. The second-order valence-corrected chi connectivity index (χ2v) is 8.49. The van der Waals surface area contributed by atoms with E-state index in [1.54, 1.807) is 0 Å². The third-order valence-electron chi connectivity index (χ3n) is 4.88. The molecule has 2 aliphatic rings. The van der Waals surface area contributed by atoms with E-state index in [9.17, 15) is 9.59 Å². The highest BCUT2D eigenvalue weighted by molar-refractivity contribution is 5.90. The number of hydrogen-bond donors (Lipinski definition) is 1. The fourth-order valence-corrected chi connectivity index (χ4v) is 3.11. The molecule has 3 atom stereocenters. The van der Waals surface area contributed by atoms with Gasteiger partial charge < -0.3 is 10.2 Å². The molecular weight excluding hydrogens is 252 g/mol. The Labute approximate surface area is 122 Å². The molecule has 0 aromatic rings. The zero-order chi connectivity index (χ0) is 15.3. The van der Waals surface area contributed by atoms with Crippen molar-refractivity contribution in [2.45, 2.75) is 66.5 Å². The zero-order valence-electron chi connectivity index (χ0n) is 13.6. The molecule has 0 aromatic heterocycles. The number of carbonyl (C=O) groups is 2. The third-order valence-corrected chi connectivity index (χ3v) is 4.88. The van der Waals surface area contributed by atoms with E-state index in [4.69, 9.17) is 0 Å². The topological polar surface area (TPSA) is 49.4 Å². The number of nitrogens with one attached hydrogen (secondary N) is 1. The first-order valence-corrected chi connectivity index (χ1v) is 7.60. The maximum atomic E-state index is 12.3. The van der Waals surface area contributed by atoms with Gasteiger partial charge in [0.05, 0.1) is 0 Å². The summed E-state index contributed by atoms with van der Waals surface area (Å²) in [5.41, 5.74) is 0.152. The molecule has 0 aliphatic carbocycles. The first kappa shape index (κ1) is 15.3.